The van der Waals surface area contributed by atoms with Crippen LogP contribution in [0.25, 0.3) is 0 Å². The Kier molecular flexibility index (Phi) is 4.19. The van der Waals surface area contributed by atoms with Crippen LogP contribution in [-0.4, -0.2) is 36.9 Å². The Labute approximate surface area is 111 Å². The van der Waals surface area contributed by atoms with Crippen LogP contribution in [0.15, 0.2) is 29.2 Å². The molecule has 0 bridgehead atoms. The van der Waals surface area contributed by atoms with E-state index in [0.717, 1.165) is 12.1 Å². The van der Waals surface area contributed by atoms with Crippen LogP contribution >= 0.6 is 0 Å². The van der Waals surface area contributed by atoms with Crippen molar-refractivity contribution in [3.8, 4) is 0 Å². The summed E-state index contributed by atoms with van der Waals surface area (Å²) in [7, 11) is -4.04. The highest BCUT2D eigenvalue weighted by molar-refractivity contribution is 7.89. The third-order valence-electron chi connectivity index (χ3n) is 3.25. The molecule has 1 fully saturated rings. The predicted octanol–water partition coefficient (Wildman–Crippen LogP) is 0.378. The number of benzene rings is 1. The molecule has 0 aromatic heterocycles. The SMILES string of the molecule is O=S(=O)(N[C@@H]1CCC[C@@H](O)[C@@H]1O)c1ccccc1F. The summed E-state index contributed by atoms with van der Waals surface area (Å²) in [6, 6.07) is 4.23. The van der Waals surface area contributed by atoms with Gasteiger partial charge in [-0.1, -0.05) is 12.1 Å². The van der Waals surface area contributed by atoms with Gasteiger partial charge in [0.1, 0.15) is 10.7 Å². The molecule has 1 aromatic rings. The summed E-state index contributed by atoms with van der Waals surface area (Å²) >= 11 is 0. The van der Waals surface area contributed by atoms with Crippen molar-refractivity contribution in [1.82, 2.24) is 4.72 Å². The van der Waals surface area contributed by atoms with Crippen molar-refractivity contribution in [2.24, 2.45) is 0 Å². The van der Waals surface area contributed by atoms with Crippen molar-refractivity contribution in [2.45, 2.75) is 42.4 Å². The van der Waals surface area contributed by atoms with E-state index in [9.17, 15) is 23.0 Å². The zero-order chi connectivity index (χ0) is 14.0. The van der Waals surface area contributed by atoms with Crippen LogP contribution in [0.2, 0.25) is 0 Å². The first kappa shape index (κ1) is 14.4. The molecule has 0 saturated heterocycles. The fourth-order valence-corrected chi connectivity index (χ4v) is 3.58. The molecule has 0 spiro atoms. The maximum atomic E-state index is 13.5. The number of sulfonamides is 1. The summed E-state index contributed by atoms with van der Waals surface area (Å²) in [5, 5.41) is 19.3. The van der Waals surface area contributed by atoms with Gasteiger partial charge in [0.15, 0.2) is 0 Å². The molecule has 19 heavy (non-hydrogen) atoms. The van der Waals surface area contributed by atoms with Crippen molar-refractivity contribution in [3.05, 3.63) is 30.1 Å². The number of aliphatic hydroxyl groups is 2. The Morgan fingerprint density at radius 1 is 1.21 bits per heavy atom. The highest BCUT2D eigenvalue weighted by Gasteiger charge is 2.34. The second-order valence-corrected chi connectivity index (χ2v) is 6.33. The summed E-state index contributed by atoms with van der Waals surface area (Å²) in [5.41, 5.74) is 0. The van der Waals surface area contributed by atoms with Gasteiger partial charge >= 0.3 is 0 Å². The Balaban J connectivity index is 2.20. The van der Waals surface area contributed by atoms with Crippen molar-refractivity contribution in [1.29, 1.82) is 0 Å². The molecule has 1 aliphatic carbocycles. The summed E-state index contributed by atoms with van der Waals surface area (Å²) in [4.78, 5) is -0.456. The number of nitrogens with one attached hydrogen (secondary N) is 1. The molecule has 7 heteroatoms. The smallest absolute Gasteiger partial charge is 0.243 e. The van der Waals surface area contributed by atoms with Gasteiger partial charge < -0.3 is 10.2 Å². The van der Waals surface area contributed by atoms with E-state index in [1.807, 2.05) is 0 Å². The summed E-state index contributed by atoms with van der Waals surface area (Å²) in [6.07, 6.45) is -0.689. The summed E-state index contributed by atoms with van der Waals surface area (Å²) in [5.74, 6) is -0.846. The van der Waals surface area contributed by atoms with Crippen LogP contribution in [0.5, 0.6) is 0 Å². The van der Waals surface area contributed by atoms with E-state index in [4.69, 9.17) is 0 Å². The van der Waals surface area contributed by atoms with Crippen LogP contribution in [0, 0.1) is 5.82 Å². The molecule has 5 nitrogen and oxygen atoms in total. The quantitative estimate of drug-likeness (QED) is 0.751. The van der Waals surface area contributed by atoms with Gasteiger partial charge in [0.05, 0.1) is 18.2 Å². The van der Waals surface area contributed by atoms with Crippen molar-refractivity contribution < 1.29 is 23.0 Å². The number of aliphatic hydroxyl groups excluding tert-OH is 2. The maximum absolute atomic E-state index is 13.5. The fourth-order valence-electron chi connectivity index (χ4n) is 2.21. The Morgan fingerprint density at radius 3 is 2.58 bits per heavy atom. The topological polar surface area (TPSA) is 86.6 Å². The molecule has 0 radical (unpaired) electrons. The molecule has 1 aromatic carbocycles. The Bertz CT molecular complexity index is 548. The average molecular weight is 289 g/mol. The molecule has 2 rings (SSSR count). The molecular formula is C12H16FNO4S. The minimum Gasteiger partial charge on any atom is -0.390 e. The van der Waals surface area contributed by atoms with Gasteiger partial charge in [0.2, 0.25) is 10.0 Å². The van der Waals surface area contributed by atoms with E-state index in [1.165, 1.54) is 12.1 Å². The molecule has 0 aliphatic heterocycles. The highest BCUT2D eigenvalue weighted by Crippen LogP contribution is 2.22. The van der Waals surface area contributed by atoms with Crippen LogP contribution in [0.4, 0.5) is 4.39 Å². The predicted molar refractivity (Wildman–Crippen MR) is 66.4 cm³/mol. The zero-order valence-electron chi connectivity index (χ0n) is 10.2. The van der Waals surface area contributed by atoms with Crippen LogP contribution < -0.4 is 4.72 Å². The first-order valence-corrected chi connectivity index (χ1v) is 7.53. The molecule has 0 amide bonds. The minimum atomic E-state index is -4.04. The lowest BCUT2D eigenvalue weighted by Gasteiger charge is -2.32. The van der Waals surface area contributed by atoms with Gasteiger partial charge in [-0.15, -0.1) is 0 Å². The molecule has 0 unspecified atom stereocenters. The van der Waals surface area contributed by atoms with E-state index >= 15 is 0 Å². The molecule has 3 atom stereocenters. The molecule has 0 heterocycles. The van der Waals surface area contributed by atoms with Crippen molar-refractivity contribution in [2.75, 3.05) is 0 Å². The lowest BCUT2D eigenvalue weighted by Crippen LogP contribution is -2.50. The normalized spacial score (nSPS) is 28.3. The van der Waals surface area contributed by atoms with E-state index in [0.29, 0.717) is 19.3 Å². The standard InChI is InChI=1S/C12H16FNO4S/c13-8-4-1-2-7-11(8)19(17,18)14-9-5-3-6-10(15)12(9)16/h1-2,4,7,9-10,12,14-16H,3,5-6H2/t9-,10-,12-/m1/s1. The first-order valence-electron chi connectivity index (χ1n) is 6.05. The van der Waals surface area contributed by atoms with Gasteiger partial charge in [-0.05, 0) is 31.4 Å². The lowest BCUT2D eigenvalue weighted by molar-refractivity contribution is -0.0242. The lowest BCUT2D eigenvalue weighted by atomic mass is 9.91. The number of halogens is 1. The molecule has 106 valence electrons. The monoisotopic (exact) mass is 289 g/mol. The van der Waals surface area contributed by atoms with Crippen molar-refractivity contribution in [3.63, 3.8) is 0 Å². The molecule has 3 N–H and O–H groups in total. The van der Waals surface area contributed by atoms with Gasteiger partial charge in [0.25, 0.3) is 0 Å². The van der Waals surface area contributed by atoms with Crippen LogP contribution in [-0.2, 0) is 10.0 Å². The largest absolute Gasteiger partial charge is 0.390 e. The number of rotatable bonds is 3. The minimum absolute atomic E-state index is 0.409. The Hall–Kier alpha value is -1.02. The van der Waals surface area contributed by atoms with E-state index in [2.05, 4.69) is 4.72 Å². The van der Waals surface area contributed by atoms with Gasteiger partial charge in [-0.2, -0.15) is 0 Å². The average Bonchev–Trinajstić information content (AvgIpc) is 2.35. The van der Waals surface area contributed by atoms with Gasteiger partial charge in [-0.3, -0.25) is 0 Å². The number of hydrogen-bond acceptors (Lipinski definition) is 4. The summed E-state index contributed by atoms with van der Waals surface area (Å²) in [6.45, 7) is 0. The number of hydrogen-bond donors (Lipinski definition) is 3. The second kappa shape index (κ2) is 5.54. The van der Waals surface area contributed by atoms with Crippen LogP contribution in [0.1, 0.15) is 19.3 Å². The molecule has 1 aliphatic rings. The molecule has 1 saturated carbocycles. The van der Waals surface area contributed by atoms with E-state index in [-0.39, 0.29) is 0 Å². The zero-order valence-corrected chi connectivity index (χ0v) is 11.0. The first-order chi connectivity index (χ1) is 8.92. The van der Waals surface area contributed by atoms with Crippen LogP contribution in [0.3, 0.4) is 0 Å². The fraction of sp³-hybridized carbons (Fsp3) is 0.500. The molecular weight excluding hydrogens is 273 g/mol. The van der Waals surface area contributed by atoms with E-state index in [1.54, 1.807) is 0 Å². The Morgan fingerprint density at radius 2 is 1.89 bits per heavy atom. The maximum Gasteiger partial charge on any atom is 0.243 e. The third kappa shape index (κ3) is 3.11. The summed E-state index contributed by atoms with van der Waals surface area (Å²) < 4.78 is 39.8. The van der Waals surface area contributed by atoms with Crippen molar-refractivity contribution >= 4 is 10.0 Å². The van der Waals surface area contributed by atoms with Gasteiger partial charge in [-0.25, -0.2) is 17.5 Å². The third-order valence-corrected chi connectivity index (χ3v) is 4.78. The van der Waals surface area contributed by atoms with E-state index < -0.39 is 39.0 Å². The second-order valence-electron chi connectivity index (χ2n) is 4.65. The highest BCUT2D eigenvalue weighted by atomic mass is 32.2. The van der Waals surface area contributed by atoms with Gasteiger partial charge in [0, 0.05) is 0 Å².